The van der Waals surface area contributed by atoms with E-state index < -0.39 is 0 Å². The second-order valence-corrected chi connectivity index (χ2v) is 2.43. The molecule has 6 heteroatoms. The van der Waals surface area contributed by atoms with Crippen LogP contribution in [0.3, 0.4) is 0 Å². The van der Waals surface area contributed by atoms with Crippen LogP contribution in [-0.4, -0.2) is 4.98 Å². The summed E-state index contributed by atoms with van der Waals surface area (Å²) in [5, 5.41) is 0. The Hall–Kier alpha value is 0.144. The Morgan fingerprint density at radius 2 is 1.73 bits per heavy atom. The number of aromatic nitrogens is 1. The van der Waals surface area contributed by atoms with Crippen molar-refractivity contribution in [3.63, 3.8) is 0 Å². The van der Waals surface area contributed by atoms with E-state index in [2.05, 4.69) is 4.98 Å². The van der Waals surface area contributed by atoms with Gasteiger partial charge >= 0.3 is 18.6 Å². The molecule has 2 rings (SSSR count). The van der Waals surface area contributed by atoms with Crippen molar-refractivity contribution in [2.45, 2.75) is 13.3 Å². The van der Waals surface area contributed by atoms with Gasteiger partial charge in [-0.2, -0.15) is 0 Å². The monoisotopic (exact) mass is 303 g/mol. The van der Waals surface area contributed by atoms with Gasteiger partial charge < -0.3 is 41.6 Å². The number of aryl methyl sites for hydroxylation is 1. The van der Waals surface area contributed by atoms with Crippen LogP contribution in [0.1, 0.15) is 12.8 Å². The van der Waals surface area contributed by atoms with Crippen molar-refractivity contribution in [2.75, 3.05) is 0 Å². The SMILES string of the molecule is CCc1nc2ccccc2o1.[Cl-].[Cl-].[Cl-].[V+3]. The van der Waals surface area contributed by atoms with E-state index in [4.69, 9.17) is 4.42 Å². The summed E-state index contributed by atoms with van der Waals surface area (Å²) in [7, 11) is 0. The van der Waals surface area contributed by atoms with Gasteiger partial charge in [-0.3, -0.25) is 0 Å². The van der Waals surface area contributed by atoms with E-state index in [-0.39, 0.29) is 55.8 Å². The first-order valence-corrected chi connectivity index (χ1v) is 3.74. The van der Waals surface area contributed by atoms with Gasteiger partial charge in [-0.05, 0) is 12.1 Å². The number of para-hydroxylation sites is 2. The van der Waals surface area contributed by atoms with Gasteiger partial charge in [0.2, 0.25) is 0 Å². The van der Waals surface area contributed by atoms with E-state index in [0.717, 1.165) is 23.4 Å². The number of hydrogen-bond donors (Lipinski definition) is 0. The Morgan fingerprint density at radius 3 is 2.27 bits per heavy atom. The summed E-state index contributed by atoms with van der Waals surface area (Å²) < 4.78 is 5.41. The number of nitrogens with zero attached hydrogens (tertiary/aromatic N) is 1. The molecule has 0 unspecified atom stereocenters. The van der Waals surface area contributed by atoms with E-state index >= 15 is 0 Å². The summed E-state index contributed by atoms with van der Waals surface area (Å²) in [5.74, 6) is 0.811. The Balaban J connectivity index is -0.000000360. The van der Waals surface area contributed by atoms with Gasteiger partial charge in [-0.15, -0.1) is 0 Å². The molecule has 0 saturated heterocycles. The van der Waals surface area contributed by atoms with E-state index in [9.17, 15) is 0 Å². The van der Waals surface area contributed by atoms with Crippen molar-refractivity contribution in [3.05, 3.63) is 30.2 Å². The molecule has 0 aliphatic rings. The summed E-state index contributed by atoms with van der Waals surface area (Å²) >= 11 is 0. The zero-order chi connectivity index (χ0) is 7.68. The molecule has 0 spiro atoms. The third-order valence-corrected chi connectivity index (χ3v) is 1.64. The van der Waals surface area contributed by atoms with Gasteiger partial charge in [0.15, 0.2) is 11.5 Å². The molecular weight excluding hydrogens is 295 g/mol. The fourth-order valence-corrected chi connectivity index (χ4v) is 1.07. The zero-order valence-corrected chi connectivity index (χ0v) is 11.6. The molecule has 1 aromatic heterocycles. The summed E-state index contributed by atoms with van der Waals surface area (Å²) in [6, 6.07) is 7.80. The Bertz CT molecular complexity index is 347. The first-order chi connectivity index (χ1) is 5.40. The molecule has 0 N–H and O–H groups in total. The number of benzene rings is 1. The van der Waals surface area contributed by atoms with Crippen LogP contribution in [0, 0.1) is 0 Å². The predicted octanol–water partition coefficient (Wildman–Crippen LogP) is -6.60. The fourth-order valence-electron chi connectivity index (χ4n) is 1.07. The van der Waals surface area contributed by atoms with Crippen LogP contribution in [0.25, 0.3) is 11.1 Å². The largest absolute Gasteiger partial charge is 3.00 e. The average Bonchev–Trinajstić information content (AvgIpc) is 2.46. The summed E-state index contributed by atoms with van der Waals surface area (Å²) in [6.07, 6.45) is 0.856. The number of hydrogen-bond acceptors (Lipinski definition) is 2. The fraction of sp³-hybridized carbons (Fsp3) is 0.222. The third-order valence-electron chi connectivity index (χ3n) is 1.64. The molecule has 2 aromatic rings. The minimum Gasteiger partial charge on any atom is -1.00 e. The van der Waals surface area contributed by atoms with Crippen LogP contribution < -0.4 is 37.2 Å². The average molecular weight is 304 g/mol. The molecular formula is C9H9Cl3NOV. The summed E-state index contributed by atoms with van der Waals surface area (Å²) in [5.41, 5.74) is 1.83. The smallest absolute Gasteiger partial charge is 1.00 e. The standard InChI is InChI=1S/C9H9NO.3ClH.V/c1-2-9-10-7-5-3-4-6-8(7)11-9;;;;/h3-6H,2H2,1H3;3*1H;/q;;;;+3/p-3. The molecule has 1 heterocycles. The van der Waals surface area contributed by atoms with Crippen LogP contribution in [-0.2, 0) is 25.0 Å². The van der Waals surface area contributed by atoms with E-state index in [0.29, 0.717) is 0 Å². The maximum Gasteiger partial charge on any atom is 3.00 e. The molecule has 0 aliphatic carbocycles. The van der Waals surface area contributed by atoms with Crippen LogP contribution in [0.4, 0.5) is 0 Å². The molecule has 2 nitrogen and oxygen atoms in total. The van der Waals surface area contributed by atoms with E-state index in [1.54, 1.807) is 0 Å². The van der Waals surface area contributed by atoms with E-state index in [1.165, 1.54) is 0 Å². The second-order valence-electron chi connectivity index (χ2n) is 2.43. The number of fused-ring (bicyclic) bond motifs is 1. The van der Waals surface area contributed by atoms with Crippen LogP contribution in [0.5, 0.6) is 0 Å². The quantitative estimate of drug-likeness (QED) is 0.524. The van der Waals surface area contributed by atoms with E-state index in [1.807, 2.05) is 31.2 Å². The Morgan fingerprint density at radius 1 is 1.13 bits per heavy atom. The molecule has 1 aromatic carbocycles. The Labute approximate surface area is 119 Å². The van der Waals surface area contributed by atoms with Crippen molar-refractivity contribution in [1.82, 2.24) is 4.98 Å². The normalized spacial score (nSPS) is 7.80. The van der Waals surface area contributed by atoms with Crippen LogP contribution in [0.15, 0.2) is 28.7 Å². The molecule has 0 amide bonds. The molecule has 0 aliphatic heterocycles. The zero-order valence-electron chi connectivity index (χ0n) is 7.95. The first-order valence-electron chi connectivity index (χ1n) is 3.74. The maximum absolute atomic E-state index is 5.41. The molecule has 0 saturated carbocycles. The third kappa shape index (κ3) is 4.67. The number of rotatable bonds is 1. The summed E-state index contributed by atoms with van der Waals surface area (Å²) in [6.45, 7) is 2.03. The van der Waals surface area contributed by atoms with Gasteiger partial charge in [0.25, 0.3) is 0 Å². The van der Waals surface area contributed by atoms with Crippen molar-refractivity contribution in [3.8, 4) is 0 Å². The molecule has 0 fully saturated rings. The van der Waals surface area contributed by atoms with Gasteiger partial charge in [-0.25, -0.2) is 4.98 Å². The van der Waals surface area contributed by atoms with Gasteiger partial charge in [-0.1, -0.05) is 19.1 Å². The first kappa shape index (κ1) is 20.5. The Kier molecular flexibility index (Phi) is 12.8. The van der Waals surface area contributed by atoms with Crippen molar-refractivity contribution in [2.24, 2.45) is 0 Å². The topological polar surface area (TPSA) is 26.0 Å². The minimum atomic E-state index is 0. The predicted molar refractivity (Wildman–Crippen MR) is 43.4 cm³/mol. The molecule has 82 valence electrons. The van der Waals surface area contributed by atoms with Crippen molar-refractivity contribution in [1.29, 1.82) is 0 Å². The molecule has 0 bridgehead atoms. The van der Waals surface area contributed by atoms with Gasteiger partial charge in [0.1, 0.15) is 5.52 Å². The molecule has 0 radical (unpaired) electrons. The van der Waals surface area contributed by atoms with Gasteiger partial charge in [0.05, 0.1) is 0 Å². The second kappa shape index (κ2) is 9.38. The maximum atomic E-state index is 5.41. The summed E-state index contributed by atoms with van der Waals surface area (Å²) in [4.78, 5) is 4.26. The van der Waals surface area contributed by atoms with Crippen molar-refractivity contribution >= 4 is 11.1 Å². The van der Waals surface area contributed by atoms with Crippen LogP contribution >= 0.6 is 0 Å². The number of halogens is 3. The number of oxazole rings is 1. The minimum absolute atomic E-state index is 0. The van der Waals surface area contributed by atoms with Gasteiger partial charge in [0, 0.05) is 6.42 Å². The molecule has 0 atom stereocenters. The van der Waals surface area contributed by atoms with Crippen LogP contribution in [0.2, 0.25) is 0 Å². The molecule has 15 heavy (non-hydrogen) atoms. The van der Waals surface area contributed by atoms with Crippen molar-refractivity contribution < 1.29 is 60.2 Å².